The van der Waals surface area contributed by atoms with Crippen LogP contribution in [0.25, 0.3) is 0 Å². The van der Waals surface area contributed by atoms with Crippen LogP contribution in [0.1, 0.15) is 51.8 Å². The van der Waals surface area contributed by atoms with Crippen molar-refractivity contribution in [1.29, 1.82) is 0 Å². The maximum Gasteiger partial charge on any atom is 0.256 e. The number of amides is 1. The quantitative estimate of drug-likeness (QED) is 0.605. The molecule has 1 saturated heterocycles. The molecule has 1 aliphatic rings. The highest BCUT2D eigenvalue weighted by Gasteiger charge is 2.30. The van der Waals surface area contributed by atoms with E-state index in [2.05, 4.69) is 4.98 Å². The third kappa shape index (κ3) is 4.55. The summed E-state index contributed by atoms with van der Waals surface area (Å²) < 4.78 is 5.77. The van der Waals surface area contributed by atoms with Gasteiger partial charge in [-0.05, 0) is 43.5 Å². The number of aliphatic hydroxyl groups excluding tert-OH is 2. The summed E-state index contributed by atoms with van der Waals surface area (Å²) in [6, 6.07) is 7.53. The number of rotatable bonds is 7. The molecule has 8 nitrogen and oxygen atoms in total. The van der Waals surface area contributed by atoms with Gasteiger partial charge in [0.1, 0.15) is 24.2 Å². The van der Waals surface area contributed by atoms with Crippen LogP contribution in [0, 0.1) is 0 Å². The molecule has 0 spiro atoms. The Bertz CT molecular complexity index is 872. The number of hydrogen-bond acceptors (Lipinski definition) is 7. The zero-order valence-corrected chi connectivity index (χ0v) is 15.9. The lowest BCUT2D eigenvalue weighted by Gasteiger charge is -2.36. The van der Waals surface area contributed by atoms with Crippen LogP contribution in [0.5, 0.6) is 11.5 Å². The van der Waals surface area contributed by atoms with Crippen LogP contribution in [-0.4, -0.2) is 63.2 Å². The van der Waals surface area contributed by atoms with Gasteiger partial charge in [-0.2, -0.15) is 0 Å². The molecule has 1 amide bonds. The first-order valence-electron chi connectivity index (χ1n) is 9.51. The molecule has 154 valence electrons. The molecule has 8 heteroatoms. The molecular formula is C21H24N2O6. The number of phenols is 1. The van der Waals surface area contributed by atoms with Crippen molar-refractivity contribution >= 4 is 12.2 Å². The Morgan fingerprint density at radius 1 is 1.31 bits per heavy atom. The fourth-order valence-corrected chi connectivity index (χ4v) is 3.51. The Balaban J connectivity index is 1.79. The Morgan fingerprint density at radius 2 is 2.14 bits per heavy atom. The number of hydrogen-bond donors (Lipinski definition) is 3. The largest absolute Gasteiger partial charge is 0.507 e. The molecular weight excluding hydrogens is 376 g/mol. The first kappa shape index (κ1) is 20.8. The maximum atomic E-state index is 13.2. The van der Waals surface area contributed by atoms with Gasteiger partial charge in [0.15, 0.2) is 6.29 Å². The van der Waals surface area contributed by atoms with E-state index >= 15 is 0 Å². The van der Waals surface area contributed by atoms with Crippen LogP contribution in [-0.2, 0) is 0 Å². The third-order valence-corrected chi connectivity index (χ3v) is 5.04. The average Bonchev–Trinajstić information content (AvgIpc) is 2.77. The van der Waals surface area contributed by atoms with Crippen LogP contribution in [0.15, 0.2) is 36.5 Å². The number of pyridine rings is 1. The molecule has 2 atom stereocenters. The van der Waals surface area contributed by atoms with E-state index in [1.807, 2.05) is 0 Å². The van der Waals surface area contributed by atoms with Crippen molar-refractivity contribution in [2.75, 3.05) is 19.8 Å². The van der Waals surface area contributed by atoms with Crippen LogP contribution >= 0.6 is 0 Å². The highest BCUT2D eigenvalue weighted by molar-refractivity contribution is 5.95. The van der Waals surface area contributed by atoms with E-state index in [0.717, 1.165) is 19.3 Å². The number of carbonyl (C=O) groups is 2. The van der Waals surface area contributed by atoms with Crippen LogP contribution < -0.4 is 4.74 Å². The number of aromatic hydroxyl groups is 1. The fourth-order valence-electron chi connectivity index (χ4n) is 3.51. The lowest BCUT2D eigenvalue weighted by Crippen LogP contribution is -2.47. The first-order chi connectivity index (χ1) is 14.1. The van der Waals surface area contributed by atoms with Crippen LogP contribution in [0.4, 0.5) is 0 Å². The number of nitrogens with zero attached hydrogens (tertiary/aromatic N) is 2. The van der Waals surface area contributed by atoms with Gasteiger partial charge in [-0.3, -0.25) is 14.6 Å². The standard InChI is InChI=1S/C21H24N2O6/c24-11-16-17(26)7-3-8-19(16)29-13-14-5-1-2-10-23(14)21(28)15-6-4-9-22-20(15)18(27)12-25/h3-4,6-9,11,14,18,25-27H,1-2,5,10,12-13H2/t14-,18+/m0/s1. The van der Waals surface area contributed by atoms with Crippen molar-refractivity contribution in [3.8, 4) is 11.5 Å². The summed E-state index contributed by atoms with van der Waals surface area (Å²) in [6.07, 6.45) is 3.25. The fraction of sp³-hybridized carbons (Fsp3) is 0.381. The highest BCUT2D eigenvalue weighted by atomic mass is 16.5. The number of likely N-dealkylation sites (tertiary alicyclic amines) is 1. The van der Waals surface area contributed by atoms with E-state index < -0.39 is 12.7 Å². The number of aldehydes is 1. The van der Waals surface area contributed by atoms with Gasteiger partial charge in [0.25, 0.3) is 5.91 Å². The Hall–Kier alpha value is -2.97. The minimum absolute atomic E-state index is 0.0711. The minimum atomic E-state index is -1.24. The van der Waals surface area contributed by atoms with Crippen molar-refractivity contribution in [1.82, 2.24) is 9.88 Å². The number of piperidine rings is 1. The second-order valence-electron chi connectivity index (χ2n) is 6.90. The van der Waals surface area contributed by atoms with E-state index in [4.69, 9.17) is 4.74 Å². The number of benzene rings is 1. The van der Waals surface area contributed by atoms with Crippen molar-refractivity contribution in [3.63, 3.8) is 0 Å². The summed E-state index contributed by atoms with van der Waals surface area (Å²) in [6.45, 7) is 0.154. The van der Waals surface area contributed by atoms with E-state index in [-0.39, 0.29) is 46.9 Å². The van der Waals surface area contributed by atoms with Crippen LogP contribution in [0.3, 0.4) is 0 Å². The molecule has 2 heterocycles. The summed E-state index contributed by atoms with van der Waals surface area (Å²) in [7, 11) is 0. The van der Waals surface area contributed by atoms with E-state index in [9.17, 15) is 24.9 Å². The van der Waals surface area contributed by atoms with Gasteiger partial charge in [0.2, 0.25) is 0 Å². The molecule has 0 unspecified atom stereocenters. The number of ether oxygens (including phenoxy) is 1. The van der Waals surface area contributed by atoms with Gasteiger partial charge in [0, 0.05) is 12.7 Å². The van der Waals surface area contributed by atoms with Gasteiger partial charge < -0.3 is 25.0 Å². The van der Waals surface area contributed by atoms with Crippen molar-refractivity contribution < 1.29 is 29.6 Å². The zero-order valence-electron chi connectivity index (χ0n) is 15.9. The zero-order chi connectivity index (χ0) is 20.8. The predicted octanol–water partition coefficient (Wildman–Crippen LogP) is 1.70. The molecule has 0 radical (unpaired) electrons. The van der Waals surface area contributed by atoms with Gasteiger partial charge in [-0.25, -0.2) is 0 Å². The SMILES string of the molecule is O=Cc1c(O)cccc1OC[C@@H]1CCCCN1C(=O)c1cccnc1[C@H](O)CO. The van der Waals surface area contributed by atoms with Crippen LogP contribution in [0.2, 0.25) is 0 Å². The first-order valence-corrected chi connectivity index (χ1v) is 9.51. The molecule has 1 fully saturated rings. The van der Waals surface area contributed by atoms with Gasteiger partial charge >= 0.3 is 0 Å². The topological polar surface area (TPSA) is 120 Å². The monoisotopic (exact) mass is 400 g/mol. The van der Waals surface area contributed by atoms with Crippen molar-refractivity contribution in [2.45, 2.75) is 31.4 Å². The Kier molecular flexibility index (Phi) is 6.79. The lowest BCUT2D eigenvalue weighted by atomic mass is 10.00. The normalized spacial score (nSPS) is 17.6. The molecule has 2 aromatic rings. The molecule has 0 bridgehead atoms. The van der Waals surface area contributed by atoms with E-state index in [1.165, 1.54) is 12.3 Å². The molecule has 1 aromatic heterocycles. The molecule has 3 N–H and O–H groups in total. The number of aliphatic hydroxyl groups is 2. The van der Waals surface area contributed by atoms with E-state index in [0.29, 0.717) is 12.8 Å². The molecule has 0 saturated carbocycles. The smallest absolute Gasteiger partial charge is 0.256 e. The second-order valence-corrected chi connectivity index (χ2v) is 6.90. The van der Waals surface area contributed by atoms with Gasteiger partial charge in [-0.1, -0.05) is 6.07 Å². The summed E-state index contributed by atoms with van der Waals surface area (Å²) in [5.74, 6) is -0.191. The van der Waals surface area contributed by atoms with Gasteiger partial charge in [0.05, 0.1) is 29.5 Å². The second kappa shape index (κ2) is 9.49. The number of carbonyl (C=O) groups excluding carboxylic acids is 2. The molecule has 29 heavy (non-hydrogen) atoms. The Labute approximate surface area is 168 Å². The third-order valence-electron chi connectivity index (χ3n) is 5.04. The summed E-state index contributed by atoms with van der Waals surface area (Å²) >= 11 is 0. The molecule has 3 rings (SSSR count). The van der Waals surface area contributed by atoms with Crippen molar-refractivity contribution in [2.24, 2.45) is 0 Å². The Morgan fingerprint density at radius 3 is 2.90 bits per heavy atom. The highest BCUT2D eigenvalue weighted by Crippen LogP contribution is 2.28. The maximum absolute atomic E-state index is 13.2. The average molecular weight is 400 g/mol. The van der Waals surface area contributed by atoms with E-state index in [1.54, 1.807) is 29.2 Å². The number of phenolic OH excluding ortho intramolecular Hbond substituents is 1. The number of aromatic nitrogens is 1. The summed E-state index contributed by atoms with van der Waals surface area (Å²) in [4.78, 5) is 30.2. The predicted molar refractivity (Wildman–Crippen MR) is 104 cm³/mol. The molecule has 1 aromatic carbocycles. The van der Waals surface area contributed by atoms with Crippen molar-refractivity contribution in [3.05, 3.63) is 53.3 Å². The summed E-state index contributed by atoms with van der Waals surface area (Å²) in [5.41, 5.74) is 0.454. The minimum Gasteiger partial charge on any atom is -0.507 e. The van der Waals surface area contributed by atoms with Gasteiger partial charge in [-0.15, -0.1) is 0 Å². The molecule has 1 aliphatic heterocycles. The molecule has 0 aliphatic carbocycles. The summed E-state index contributed by atoms with van der Waals surface area (Å²) in [5, 5.41) is 29.0. The lowest BCUT2D eigenvalue weighted by molar-refractivity contribution is 0.0510.